The van der Waals surface area contributed by atoms with E-state index in [9.17, 15) is 4.79 Å². The Hall–Kier alpha value is -3.79. The van der Waals surface area contributed by atoms with Crippen LogP contribution in [0.3, 0.4) is 0 Å². The quantitative estimate of drug-likeness (QED) is 0.525. The Labute approximate surface area is 178 Å². The molecule has 10 nitrogen and oxygen atoms in total. The fraction of sp³-hybridized carbons (Fsp3) is 0.286. The van der Waals surface area contributed by atoms with Gasteiger partial charge in [-0.3, -0.25) is 14.5 Å². The topological polar surface area (TPSA) is 105 Å². The number of nitrogens with one attached hydrogen (secondary N) is 1. The van der Waals surface area contributed by atoms with Gasteiger partial charge in [0.05, 0.1) is 11.9 Å². The Bertz CT molecular complexity index is 1260. The van der Waals surface area contributed by atoms with Crippen LogP contribution in [0.5, 0.6) is 0 Å². The molecular weight excluding hydrogens is 396 g/mol. The number of fused-ring (bicyclic) bond motifs is 1. The third kappa shape index (κ3) is 3.73. The second-order valence-electron chi connectivity index (χ2n) is 7.88. The molecule has 5 rings (SSSR count). The summed E-state index contributed by atoms with van der Waals surface area (Å²) in [6, 6.07) is 4.69. The van der Waals surface area contributed by atoms with Crippen molar-refractivity contribution in [1.82, 2.24) is 29.6 Å². The molecule has 1 amide bonds. The Morgan fingerprint density at radius 1 is 1.16 bits per heavy atom. The minimum atomic E-state index is -0.368. The number of hydrogen-bond acceptors (Lipinski definition) is 8. The number of aromatic nitrogens is 5. The van der Waals surface area contributed by atoms with Crippen LogP contribution in [-0.4, -0.2) is 68.8 Å². The molecule has 5 heterocycles. The molecule has 1 aliphatic rings. The number of pyridine rings is 2. The lowest BCUT2D eigenvalue weighted by molar-refractivity contribution is 0.102. The zero-order chi connectivity index (χ0) is 21.5. The Morgan fingerprint density at radius 2 is 1.97 bits per heavy atom. The van der Waals surface area contributed by atoms with Crippen LogP contribution in [0.15, 0.2) is 47.6 Å². The Morgan fingerprint density at radius 3 is 2.71 bits per heavy atom. The summed E-state index contributed by atoms with van der Waals surface area (Å²) >= 11 is 0. The summed E-state index contributed by atoms with van der Waals surface area (Å²) in [4.78, 5) is 29.9. The van der Waals surface area contributed by atoms with Gasteiger partial charge < -0.3 is 19.5 Å². The van der Waals surface area contributed by atoms with Crippen molar-refractivity contribution >= 4 is 28.5 Å². The summed E-state index contributed by atoms with van der Waals surface area (Å²) in [5.41, 5.74) is 1.94. The van der Waals surface area contributed by atoms with Gasteiger partial charge in [0.2, 0.25) is 0 Å². The zero-order valence-corrected chi connectivity index (χ0v) is 17.5. The van der Waals surface area contributed by atoms with E-state index in [1.165, 1.54) is 6.26 Å². The molecule has 10 heteroatoms. The van der Waals surface area contributed by atoms with Gasteiger partial charge in [-0.2, -0.15) is 10.1 Å². The molecule has 0 aliphatic carbocycles. The molecule has 0 spiro atoms. The summed E-state index contributed by atoms with van der Waals surface area (Å²) in [6.07, 6.45) is 8.48. The van der Waals surface area contributed by atoms with Crippen molar-refractivity contribution in [3.05, 3.63) is 48.9 Å². The summed E-state index contributed by atoms with van der Waals surface area (Å²) in [6.45, 7) is 1.65. The van der Waals surface area contributed by atoms with E-state index in [1.807, 2.05) is 44.4 Å². The largest absolute Gasteiger partial charge is 0.431 e. The molecule has 1 fully saturated rings. The molecule has 0 aromatic carbocycles. The molecule has 1 aliphatic heterocycles. The number of carbonyl (C=O) groups is 1. The van der Waals surface area contributed by atoms with Gasteiger partial charge in [0.25, 0.3) is 11.9 Å². The van der Waals surface area contributed by atoms with Crippen LogP contribution < -0.4 is 10.2 Å². The van der Waals surface area contributed by atoms with Crippen LogP contribution in [0.2, 0.25) is 0 Å². The van der Waals surface area contributed by atoms with Crippen molar-refractivity contribution < 1.29 is 9.21 Å². The van der Waals surface area contributed by atoms with Crippen LogP contribution in [0.4, 0.5) is 11.8 Å². The molecule has 4 aromatic rings. The molecule has 1 N–H and O–H groups in total. The predicted octanol–water partition coefficient (Wildman–Crippen LogP) is 2.02. The van der Waals surface area contributed by atoms with Gasteiger partial charge in [0.15, 0.2) is 5.69 Å². The second kappa shape index (κ2) is 7.47. The van der Waals surface area contributed by atoms with E-state index >= 15 is 0 Å². The number of aryl methyl sites for hydroxylation is 1. The second-order valence-corrected chi connectivity index (χ2v) is 7.88. The predicted molar refractivity (Wildman–Crippen MR) is 116 cm³/mol. The maximum atomic E-state index is 12.6. The van der Waals surface area contributed by atoms with Gasteiger partial charge in [-0.1, -0.05) is 0 Å². The number of hydrogen-bond donors (Lipinski definition) is 1. The monoisotopic (exact) mass is 418 g/mol. The third-order valence-corrected chi connectivity index (χ3v) is 5.43. The molecule has 4 aromatic heterocycles. The standard InChI is InChI=1S/C21H22N8O2/c1-27(2)16-10-29(11-16)21-25-18(12-31-21)20(30)26-19-5-13-4-17(15-8-24-28(3)9-15)22-6-14(13)7-23-19/h4-9,12,16H,10-11H2,1-3H3,(H,23,26,30). The number of oxazole rings is 1. The number of anilines is 2. The van der Waals surface area contributed by atoms with E-state index in [1.54, 1.807) is 23.3 Å². The van der Waals surface area contributed by atoms with Gasteiger partial charge in [0, 0.05) is 55.7 Å². The van der Waals surface area contributed by atoms with Crippen molar-refractivity contribution in [2.24, 2.45) is 7.05 Å². The van der Waals surface area contributed by atoms with Crippen LogP contribution in [-0.2, 0) is 7.05 Å². The molecule has 0 radical (unpaired) electrons. The fourth-order valence-corrected chi connectivity index (χ4v) is 3.45. The number of likely N-dealkylation sites (N-methyl/N-ethyl adjacent to an activating group) is 1. The summed E-state index contributed by atoms with van der Waals surface area (Å²) < 4.78 is 7.22. The van der Waals surface area contributed by atoms with Crippen molar-refractivity contribution in [3.63, 3.8) is 0 Å². The average Bonchev–Trinajstić information content (AvgIpc) is 3.35. The number of rotatable bonds is 5. The average molecular weight is 418 g/mol. The highest BCUT2D eigenvalue weighted by atomic mass is 16.4. The zero-order valence-electron chi connectivity index (χ0n) is 17.5. The molecule has 31 heavy (non-hydrogen) atoms. The summed E-state index contributed by atoms with van der Waals surface area (Å²) in [5.74, 6) is 0.0649. The number of amides is 1. The summed E-state index contributed by atoms with van der Waals surface area (Å²) in [5, 5.41) is 8.77. The van der Waals surface area contributed by atoms with Crippen molar-refractivity contribution in [1.29, 1.82) is 0 Å². The normalized spacial score (nSPS) is 14.3. The van der Waals surface area contributed by atoms with Gasteiger partial charge in [-0.05, 0) is 31.6 Å². The van der Waals surface area contributed by atoms with E-state index < -0.39 is 0 Å². The molecular formula is C21H22N8O2. The van der Waals surface area contributed by atoms with Gasteiger partial charge in [-0.15, -0.1) is 0 Å². The first-order valence-electron chi connectivity index (χ1n) is 9.89. The van der Waals surface area contributed by atoms with E-state index in [-0.39, 0.29) is 11.6 Å². The first kappa shape index (κ1) is 19.2. The molecule has 0 unspecified atom stereocenters. The molecule has 0 saturated carbocycles. The van der Waals surface area contributed by atoms with Crippen LogP contribution in [0.25, 0.3) is 22.0 Å². The minimum absolute atomic E-state index is 0.218. The first-order chi connectivity index (χ1) is 15.0. The third-order valence-electron chi connectivity index (χ3n) is 5.43. The lowest BCUT2D eigenvalue weighted by Gasteiger charge is -2.41. The van der Waals surface area contributed by atoms with E-state index in [0.29, 0.717) is 17.9 Å². The van der Waals surface area contributed by atoms with E-state index in [4.69, 9.17) is 4.42 Å². The number of nitrogens with zero attached hydrogens (tertiary/aromatic N) is 7. The first-order valence-corrected chi connectivity index (χ1v) is 9.89. The van der Waals surface area contributed by atoms with Crippen LogP contribution >= 0.6 is 0 Å². The van der Waals surface area contributed by atoms with Gasteiger partial charge in [0.1, 0.15) is 12.1 Å². The molecule has 0 bridgehead atoms. The summed E-state index contributed by atoms with van der Waals surface area (Å²) in [7, 11) is 5.95. The lowest BCUT2D eigenvalue weighted by atomic mass is 10.1. The van der Waals surface area contributed by atoms with Crippen LogP contribution in [0, 0.1) is 0 Å². The Kier molecular flexibility index (Phi) is 4.63. The van der Waals surface area contributed by atoms with Gasteiger partial charge in [-0.25, -0.2) is 4.98 Å². The SMILES string of the molecule is CN(C)C1CN(c2nc(C(=O)Nc3cc4cc(-c5cnn(C)c5)ncc4cn3)co2)C1. The van der Waals surface area contributed by atoms with Crippen molar-refractivity contribution in [2.45, 2.75) is 6.04 Å². The fourth-order valence-electron chi connectivity index (χ4n) is 3.45. The lowest BCUT2D eigenvalue weighted by Crippen LogP contribution is -2.57. The Balaban J connectivity index is 1.31. The maximum Gasteiger partial charge on any atom is 0.298 e. The van der Waals surface area contributed by atoms with Gasteiger partial charge >= 0.3 is 0 Å². The minimum Gasteiger partial charge on any atom is -0.431 e. The van der Waals surface area contributed by atoms with Crippen molar-refractivity contribution in [3.8, 4) is 11.3 Å². The highest BCUT2D eigenvalue weighted by molar-refractivity contribution is 6.03. The number of carbonyl (C=O) groups excluding carboxylic acids is 1. The highest BCUT2D eigenvalue weighted by Crippen LogP contribution is 2.24. The molecule has 1 saturated heterocycles. The van der Waals surface area contributed by atoms with Crippen molar-refractivity contribution in [2.75, 3.05) is 37.4 Å². The molecule has 158 valence electrons. The smallest absolute Gasteiger partial charge is 0.298 e. The highest BCUT2D eigenvalue weighted by Gasteiger charge is 2.31. The molecule has 0 atom stereocenters. The van der Waals surface area contributed by atoms with E-state index in [0.717, 1.165) is 35.1 Å². The maximum absolute atomic E-state index is 12.6. The van der Waals surface area contributed by atoms with E-state index in [2.05, 4.69) is 30.3 Å². The van der Waals surface area contributed by atoms with Crippen LogP contribution in [0.1, 0.15) is 10.5 Å².